The number of aryl methyl sites for hydroxylation is 1. The minimum absolute atomic E-state index is 0.110. The highest BCUT2D eigenvalue weighted by Gasteiger charge is 2.31. The minimum atomic E-state index is -4.52. The first-order valence-electron chi connectivity index (χ1n) is 4.16. The van der Waals surface area contributed by atoms with E-state index in [1.54, 1.807) is 0 Å². The summed E-state index contributed by atoms with van der Waals surface area (Å²) in [6.07, 6.45) is -4.50. The van der Waals surface area contributed by atoms with Gasteiger partial charge in [0.15, 0.2) is 0 Å². The molecule has 1 aromatic carbocycles. The Kier molecular flexibility index (Phi) is 3.12. The summed E-state index contributed by atoms with van der Waals surface area (Å²) in [5, 5.41) is 0. The van der Waals surface area contributed by atoms with E-state index in [4.69, 9.17) is 0 Å². The zero-order valence-electron chi connectivity index (χ0n) is 7.86. The van der Waals surface area contributed by atoms with Gasteiger partial charge in [0.05, 0.1) is 5.56 Å². The van der Waals surface area contributed by atoms with Gasteiger partial charge in [-0.2, -0.15) is 13.2 Å². The van der Waals surface area contributed by atoms with Crippen molar-refractivity contribution in [3.05, 3.63) is 34.6 Å². The lowest BCUT2D eigenvalue weighted by Gasteiger charge is -2.10. The molecule has 1 nitrogen and oxygen atoms in total. The molecule has 0 fully saturated rings. The fraction of sp³-hybridized carbons (Fsp3) is 0.300. The largest absolute Gasteiger partial charge is 0.416 e. The third-order valence-corrected chi connectivity index (χ3v) is 1.96. The van der Waals surface area contributed by atoms with Crippen LogP contribution in [0.25, 0.3) is 0 Å². The van der Waals surface area contributed by atoms with Crippen LogP contribution in [0.3, 0.4) is 0 Å². The Bertz CT molecular complexity index is 382. The molecule has 0 saturated carbocycles. The summed E-state index contributed by atoms with van der Waals surface area (Å²) in [4.78, 5) is 10.2. The van der Waals surface area contributed by atoms with E-state index in [1.807, 2.05) is 0 Å². The van der Waals surface area contributed by atoms with Crippen molar-refractivity contribution >= 4 is 6.29 Å². The number of hydrogen-bond acceptors (Lipinski definition) is 1. The molecule has 0 N–H and O–H groups in total. The molecule has 0 heterocycles. The first-order chi connectivity index (χ1) is 6.86. The highest BCUT2D eigenvalue weighted by molar-refractivity contribution is 5.56. The van der Waals surface area contributed by atoms with E-state index in [0.717, 1.165) is 6.07 Å². The fourth-order valence-corrected chi connectivity index (χ4v) is 1.24. The minimum Gasteiger partial charge on any atom is -0.303 e. The molecule has 0 atom stereocenters. The van der Waals surface area contributed by atoms with E-state index in [2.05, 4.69) is 0 Å². The number of aldehydes is 1. The summed E-state index contributed by atoms with van der Waals surface area (Å²) < 4.78 is 50.2. The molecule has 0 saturated heterocycles. The number of alkyl halides is 3. The molecule has 0 aliphatic carbocycles. The monoisotopic (exact) mass is 220 g/mol. The summed E-state index contributed by atoms with van der Waals surface area (Å²) in [5.41, 5.74) is -1.27. The molecule has 82 valence electrons. The van der Waals surface area contributed by atoms with Crippen molar-refractivity contribution in [1.29, 1.82) is 0 Å². The Labute approximate surface area is 83.7 Å². The molecule has 0 aliphatic rings. The normalized spacial score (nSPS) is 11.5. The van der Waals surface area contributed by atoms with Crippen LogP contribution in [0.2, 0.25) is 0 Å². The average Bonchev–Trinajstić information content (AvgIpc) is 2.11. The predicted octanol–water partition coefficient (Wildman–Crippen LogP) is 2.89. The molecule has 0 radical (unpaired) electrons. The second-order valence-electron chi connectivity index (χ2n) is 3.13. The van der Waals surface area contributed by atoms with Crippen molar-refractivity contribution in [3.63, 3.8) is 0 Å². The van der Waals surface area contributed by atoms with E-state index >= 15 is 0 Å². The van der Waals surface area contributed by atoms with Crippen molar-refractivity contribution in [1.82, 2.24) is 0 Å². The van der Waals surface area contributed by atoms with Gasteiger partial charge in [0.2, 0.25) is 0 Å². The SMILES string of the molecule is Cc1cc(C(F)(F)F)cc(CC=O)c1F. The second kappa shape index (κ2) is 4.00. The molecular weight excluding hydrogens is 212 g/mol. The molecule has 0 unspecified atom stereocenters. The molecule has 0 spiro atoms. The van der Waals surface area contributed by atoms with Crippen LogP contribution in [0.5, 0.6) is 0 Å². The van der Waals surface area contributed by atoms with Crippen LogP contribution in [0.15, 0.2) is 12.1 Å². The highest BCUT2D eigenvalue weighted by Crippen LogP contribution is 2.31. The van der Waals surface area contributed by atoms with Crippen LogP contribution in [-0.2, 0) is 17.4 Å². The number of rotatable bonds is 2. The van der Waals surface area contributed by atoms with Crippen molar-refractivity contribution < 1.29 is 22.4 Å². The zero-order valence-corrected chi connectivity index (χ0v) is 7.86. The lowest BCUT2D eigenvalue weighted by Crippen LogP contribution is -2.08. The van der Waals surface area contributed by atoms with Crippen LogP contribution < -0.4 is 0 Å². The molecule has 0 aliphatic heterocycles. The average molecular weight is 220 g/mol. The van der Waals surface area contributed by atoms with Gasteiger partial charge in [-0.05, 0) is 30.2 Å². The molecular formula is C10H8F4O. The van der Waals surface area contributed by atoms with Crippen molar-refractivity contribution in [2.75, 3.05) is 0 Å². The second-order valence-corrected chi connectivity index (χ2v) is 3.13. The third-order valence-electron chi connectivity index (χ3n) is 1.96. The maximum absolute atomic E-state index is 13.2. The number of halogens is 4. The first-order valence-corrected chi connectivity index (χ1v) is 4.16. The third kappa shape index (κ3) is 2.55. The molecule has 0 bridgehead atoms. The van der Waals surface area contributed by atoms with Crippen molar-refractivity contribution in [3.8, 4) is 0 Å². The smallest absolute Gasteiger partial charge is 0.303 e. The lowest BCUT2D eigenvalue weighted by molar-refractivity contribution is -0.137. The number of benzene rings is 1. The predicted molar refractivity (Wildman–Crippen MR) is 45.9 cm³/mol. The topological polar surface area (TPSA) is 17.1 Å². The van der Waals surface area contributed by atoms with Gasteiger partial charge in [-0.25, -0.2) is 4.39 Å². The zero-order chi connectivity index (χ0) is 11.6. The van der Waals surface area contributed by atoms with Crippen molar-refractivity contribution in [2.45, 2.75) is 19.5 Å². The number of carbonyl (C=O) groups excluding carboxylic acids is 1. The first kappa shape index (κ1) is 11.7. The van der Waals surface area contributed by atoms with Crippen LogP contribution in [-0.4, -0.2) is 6.29 Å². The molecule has 1 aromatic rings. The van der Waals surface area contributed by atoms with Gasteiger partial charge in [-0.15, -0.1) is 0 Å². The molecule has 1 rings (SSSR count). The summed E-state index contributed by atoms with van der Waals surface area (Å²) in [5.74, 6) is -0.755. The van der Waals surface area contributed by atoms with Crippen LogP contribution in [0, 0.1) is 12.7 Å². The van der Waals surface area contributed by atoms with Crippen LogP contribution >= 0.6 is 0 Å². The molecule has 0 amide bonds. The highest BCUT2D eigenvalue weighted by atomic mass is 19.4. The number of carbonyl (C=O) groups is 1. The summed E-state index contributed by atoms with van der Waals surface area (Å²) in [6, 6.07) is 1.39. The number of hydrogen-bond donors (Lipinski definition) is 0. The van der Waals surface area contributed by atoms with E-state index < -0.39 is 17.6 Å². The van der Waals surface area contributed by atoms with Crippen LogP contribution in [0.4, 0.5) is 17.6 Å². The van der Waals surface area contributed by atoms with E-state index in [1.165, 1.54) is 6.92 Å². The van der Waals surface area contributed by atoms with Crippen molar-refractivity contribution in [2.24, 2.45) is 0 Å². The standard InChI is InChI=1S/C10H8F4O/c1-6-4-8(10(12,13)14)5-7(2-3-15)9(6)11/h3-5H,2H2,1H3. The van der Waals surface area contributed by atoms with Gasteiger partial charge in [0, 0.05) is 6.42 Å². The molecule has 15 heavy (non-hydrogen) atoms. The Balaban J connectivity index is 3.29. The Hall–Kier alpha value is -1.39. The van der Waals surface area contributed by atoms with Gasteiger partial charge in [0.1, 0.15) is 12.1 Å². The van der Waals surface area contributed by atoms with Gasteiger partial charge < -0.3 is 4.79 Å². The van der Waals surface area contributed by atoms with Gasteiger partial charge in [-0.1, -0.05) is 0 Å². The summed E-state index contributed by atoms with van der Waals surface area (Å²) >= 11 is 0. The summed E-state index contributed by atoms with van der Waals surface area (Å²) in [7, 11) is 0. The van der Waals surface area contributed by atoms with Gasteiger partial charge in [-0.3, -0.25) is 0 Å². The van der Waals surface area contributed by atoms with Gasteiger partial charge >= 0.3 is 6.18 Å². The van der Waals surface area contributed by atoms with E-state index in [-0.39, 0.29) is 17.5 Å². The maximum Gasteiger partial charge on any atom is 0.416 e. The van der Waals surface area contributed by atoms with Gasteiger partial charge in [0.25, 0.3) is 0 Å². The molecule has 0 aromatic heterocycles. The van der Waals surface area contributed by atoms with E-state index in [0.29, 0.717) is 12.4 Å². The Morgan fingerprint density at radius 2 is 1.93 bits per heavy atom. The Morgan fingerprint density at radius 1 is 1.33 bits per heavy atom. The summed E-state index contributed by atoms with van der Waals surface area (Å²) in [6.45, 7) is 1.23. The van der Waals surface area contributed by atoms with E-state index in [9.17, 15) is 22.4 Å². The molecule has 5 heteroatoms. The fourth-order valence-electron chi connectivity index (χ4n) is 1.24. The maximum atomic E-state index is 13.2. The lowest BCUT2D eigenvalue weighted by atomic mass is 10.0. The Morgan fingerprint density at radius 3 is 2.40 bits per heavy atom. The quantitative estimate of drug-likeness (QED) is 0.553. The van der Waals surface area contributed by atoms with Crippen LogP contribution in [0.1, 0.15) is 16.7 Å².